The van der Waals surface area contributed by atoms with E-state index in [0.717, 1.165) is 36.3 Å². The second-order valence-corrected chi connectivity index (χ2v) is 8.42. The fraction of sp³-hybridized carbons (Fsp3) is 0.296. The first-order valence-corrected chi connectivity index (χ1v) is 10.8. The lowest BCUT2D eigenvalue weighted by molar-refractivity contribution is 0.402. The van der Waals surface area contributed by atoms with Gasteiger partial charge in [-0.15, -0.1) is 0 Å². The second kappa shape index (κ2) is 8.85. The van der Waals surface area contributed by atoms with Crippen molar-refractivity contribution >= 4 is 11.4 Å². The van der Waals surface area contributed by atoms with E-state index in [4.69, 9.17) is 0 Å². The lowest BCUT2D eigenvalue weighted by Crippen LogP contribution is -2.39. The molecule has 0 bridgehead atoms. The summed E-state index contributed by atoms with van der Waals surface area (Å²) in [6, 6.07) is 15.2. The summed E-state index contributed by atoms with van der Waals surface area (Å²) in [7, 11) is 4.19. The van der Waals surface area contributed by atoms with Crippen LogP contribution in [0.1, 0.15) is 41.5 Å². The number of rotatable bonds is 5. The highest BCUT2D eigenvalue weighted by molar-refractivity contribution is 6.11. The Morgan fingerprint density at radius 3 is 2.73 bits per heavy atom. The predicted molar refractivity (Wildman–Crippen MR) is 128 cm³/mol. The van der Waals surface area contributed by atoms with Crippen molar-refractivity contribution in [3.8, 4) is 0 Å². The molecule has 2 aromatic carbocycles. The van der Waals surface area contributed by atoms with Crippen LogP contribution < -0.4 is 5.32 Å². The number of nitrogens with one attached hydrogen (secondary N) is 2. The molecule has 4 rings (SSSR count). The monoisotopic (exact) mass is 397 g/mol. The van der Waals surface area contributed by atoms with Gasteiger partial charge in [-0.3, -0.25) is 0 Å². The maximum Gasteiger partial charge on any atom is 0.0635 e. The van der Waals surface area contributed by atoms with Gasteiger partial charge in [0.1, 0.15) is 0 Å². The Kier molecular flexibility index (Phi) is 6.01. The molecule has 154 valence electrons. The second-order valence-electron chi connectivity index (χ2n) is 8.42. The molecule has 2 aromatic rings. The molecule has 0 aromatic heterocycles. The van der Waals surface area contributed by atoms with Crippen LogP contribution in [0.4, 0.5) is 5.69 Å². The number of nitrogens with zero attached hydrogens (tertiary/aromatic N) is 1. The lowest BCUT2D eigenvalue weighted by atomic mass is 9.75. The van der Waals surface area contributed by atoms with E-state index in [0.29, 0.717) is 0 Å². The van der Waals surface area contributed by atoms with E-state index in [1.54, 1.807) is 0 Å². The largest absolute Gasteiger partial charge is 0.377 e. The molecule has 30 heavy (non-hydrogen) atoms. The minimum Gasteiger partial charge on any atom is -0.377 e. The van der Waals surface area contributed by atoms with Crippen LogP contribution in [0.2, 0.25) is 0 Å². The number of benzene rings is 2. The van der Waals surface area contributed by atoms with Crippen molar-refractivity contribution in [2.75, 3.05) is 19.4 Å². The van der Waals surface area contributed by atoms with E-state index in [9.17, 15) is 5.41 Å². The van der Waals surface area contributed by atoms with E-state index >= 15 is 0 Å². The first-order chi connectivity index (χ1) is 14.6. The van der Waals surface area contributed by atoms with Crippen LogP contribution in [0.25, 0.3) is 0 Å². The van der Waals surface area contributed by atoms with Gasteiger partial charge in [-0.05, 0) is 55.3 Å². The first kappa shape index (κ1) is 20.4. The topological polar surface area (TPSA) is 39.1 Å². The highest BCUT2D eigenvalue weighted by Gasteiger charge is 2.36. The molecule has 0 saturated heterocycles. The molecule has 2 atom stereocenters. The molecule has 2 aliphatic rings. The number of aryl methyl sites for hydroxylation is 1. The third kappa shape index (κ3) is 4.03. The summed E-state index contributed by atoms with van der Waals surface area (Å²) in [5.74, 6) is -0.0266. The first-order valence-electron chi connectivity index (χ1n) is 10.8. The van der Waals surface area contributed by atoms with Crippen LogP contribution in [0.3, 0.4) is 0 Å². The Balaban J connectivity index is 1.83. The molecule has 0 fully saturated rings. The fourth-order valence-electron chi connectivity index (χ4n) is 4.62. The number of hydrogen-bond donors (Lipinski definition) is 2. The standard InChI is InChI=1S/C27H31N3/c1-4-20-14-10-16-23-24(20)26(28)25(22-15-9-11-19(17-22)18-30(2)3)27(29-23)21-12-7-5-6-8-13-21/h5-7,9-17,25,27-29H,4,8,18H2,1-3H3. The maximum atomic E-state index is 9.31. The highest BCUT2D eigenvalue weighted by atomic mass is 15.0. The zero-order valence-corrected chi connectivity index (χ0v) is 18.2. The maximum absolute atomic E-state index is 9.31. The minimum atomic E-state index is -0.0266. The number of hydrogen-bond acceptors (Lipinski definition) is 3. The van der Waals surface area contributed by atoms with E-state index in [1.165, 1.54) is 22.3 Å². The Hall–Kier alpha value is -2.91. The van der Waals surface area contributed by atoms with Crippen molar-refractivity contribution in [3.05, 3.63) is 101 Å². The van der Waals surface area contributed by atoms with Gasteiger partial charge in [-0.1, -0.05) is 73.7 Å². The Morgan fingerprint density at radius 1 is 1.10 bits per heavy atom. The zero-order valence-electron chi connectivity index (χ0n) is 18.2. The molecule has 1 aliphatic heterocycles. The lowest BCUT2D eigenvalue weighted by Gasteiger charge is -2.37. The van der Waals surface area contributed by atoms with Crippen LogP contribution >= 0.6 is 0 Å². The summed E-state index contributed by atoms with van der Waals surface area (Å²) in [5.41, 5.74) is 7.86. The third-order valence-corrected chi connectivity index (χ3v) is 5.95. The summed E-state index contributed by atoms with van der Waals surface area (Å²) in [6.07, 6.45) is 12.7. The number of fused-ring (bicyclic) bond motifs is 1. The molecule has 1 heterocycles. The Bertz CT molecular complexity index is 1030. The van der Waals surface area contributed by atoms with Crippen molar-refractivity contribution in [1.82, 2.24) is 4.90 Å². The fourth-order valence-corrected chi connectivity index (χ4v) is 4.62. The van der Waals surface area contributed by atoms with Gasteiger partial charge in [0.25, 0.3) is 0 Å². The van der Waals surface area contributed by atoms with Crippen molar-refractivity contribution in [2.24, 2.45) is 0 Å². The van der Waals surface area contributed by atoms with E-state index in [-0.39, 0.29) is 12.0 Å². The van der Waals surface area contributed by atoms with Crippen molar-refractivity contribution in [2.45, 2.75) is 38.3 Å². The molecule has 3 heteroatoms. The van der Waals surface area contributed by atoms with Crippen molar-refractivity contribution in [3.63, 3.8) is 0 Å². The average molecular weight is 398 g/mol. The van der Waals surface area contributed by atoms with E-state index in [1.807, 2.05) is 0 Å². The van der Waals surface area contributed by atoms with Crippen molar-refractivity contribution in [1.29, 1.82) is 5.41 Å². The molecular formula is C27H31N3. The predicted octanol–water partition coefficient (Wildman–Crippen LogP) is 5.70. The van der Waals surface area contributed by atoms with Gasteiger partial charge < -0.3 is 15.6 Å². The average Bonchev–Trinajstić information content (AvgIpc) is 3.02. The van der Waals surface area contributed by atoms with Crippen LogP contribution in [-0.4, -0.2) is 30.7 Å². The number of anilines is 1. The van der Waals surface area contributed by atoms with Gasteiger partial charge in [0.15, 0.2) is 0 Å². The van der Waals surface area contributed by atoms with E-state index < -0.39 is 0 Å². The van der Waals surface area contributed by atoms with Gasteiger partial charge >= 0.3 is 0 Å². The van der Waals surface area contributed by atoms with Crippen LogP contribution in [-0.2, 0) is 13.0 Å². The molecule has 3 nitrogen and oxygen atoms in total. The van der Waals surface area contributed by atoms with Gasteiger partial charge in [0.2, 0.25) is 0 Å². The quantitative estimate of drug-likeness (QED) is 0.679. The summed E-state index contributed by atoms with van der Waals surface area (Å²) >= 11 is 0. The van der Waals surface area contributed by atoms with Crippen LogP contribution in [0.15, 0.2) is 78.4 Å². The molecule has 2 N–H and O–H groups in total. The third-order valence-electron chi connectivity index (χ3n) is 5.95. The highest BCUT2D eigenvalue weighted by Crippen LogP contribution is 2.40. The minimum absolute atomic E-state index is 0.0266. The number of allylic oxidation sites excluding steroid dienone is 4. The molecule has 2 unspecified atom stereocenters. The molecule has 1 aliphatic carbocycles. The Labute approximate surface area is 180 Å². The summed E-state index contributed by atoms with van der Waals surface area (Å²) < 4.78 is 0. The van der Waals surface area contributed by atoms with Crippen LogP contribution in [0.5, 0.6) is 0 Å². The smallest absolute Gasteiger partial charge is 0.0635 e. The van der Waals surface area contributed by atoms with E-state index in [2.05, 4.69) is 104 Å². The Morgan fingerprint density at radius 2 is 1.93 bits per heavy atom. The normalized spacial score (nSPS) is 20.5. The molecule has 0 radical (unpaired) electrons. The summed E-state index contributed by atoms with van der Waals surface area (Å²) in [5, 5.41) is 13.1. The molecule has 0 spiro atoms. The van der Waals surface area contributed by atoms with Gasteiger partial charge in [0.05, 0.1) is 17.7 Å². The zero-order chi connectivity index (χ0) is 21.1. The molecular weight excluding hydrogens is 366 g/mol. The molecule has 0 saturated carbocycles. The molecule has 0 amide bonds. The summed E-state index contributed by atoms with van der Waals surface area (Å²) in [4.78, 5) is 2.19. The summed E-state index contributed by atoms with van der Waals surface area (Å²) in [6.45, 7) is 3.07. The van der Waals surface area contributed by atoms with Crippen molar-refractivity contribution < 1.29 is 0 Å². The van der Waals surface area contributed by atoms with Crippen LogP contribution in [0, 0.1) is 5.41 Å². The van der Waals surface area contributed by atoms with Gasteiger partial charge in [-0.25, -0.2) is 0 Å². The van der Waals surface area contributed by atoms with Gasteiger partial charge in [0, 0.05) is 17.8 Å². The SMILES string of the molecule is CCc1cccc2c1C(=N)C(c1cccc(CN(C)C)c1)C(C1=CCC=CC=C1)N2. The van der Waals surface area contributed by atoms with Gasteiger partial charge in [-0.2, -0.15) is 0 Å².